The molecule has 0 N–H and O–H groups in total. The van der Waals surface area contributed by atoms with Gasteiger partial charge in [0.15, 0.2) is 0 Å². The molecule has 0 aliphatic carbocycles. The van der Waals surface area contributed by atoms with Crippen molar-refractivity contribution in [2.24, 2.45) is 0 Å². The molecule has 0 aromatic heterocycles. The topological polar surface area (TPSA) is 0 Å². The minimum absolute atomic E-state index is 0.591. The smallest absolute Gasteiger partial charge is 0.0700 e. The van der Waals surface area contributed by atoms with Crippen molar-refractivity contribution in [3.63, 3.8) is 0 Å². The fourth-order valence-corrected chi connectivity index (χ4v) is 0.239. The van der Waals surface area contributed by atoms with Gasteiger partial charge in [-0.2, -0.15) is 0 Å². The highest BCUT2D eigenvalue weighted by Crippen LogP contribution is 1.70. The molecule has 0 bridgehead atoms. The van der Waals surface area contributed by atoms with E-state index in [1.165, 1.54) is 0 Å². The summed E-state index contributed by atoms with van der Waals surface area (Å²) in [6.07, 6.45) is 16.8. The molecule has 0 atom stereocenters. The van der Waals surface area contributed by atoms with E-state index in [4.69, 9.17) is 19.3 Å². The van der Waals surface area contributed by atoms with Gasteiger partial charge in [-0.1, -0.05) is 47.5 Å². The average Bonchev–Trinajstić information content (AvgIpc) is 2.30. The fraction of sp³-hybridized carbons (Fsp3) is 0.429. The molecule has 0 unspecified atom stereocenters. The second-order valence-corrected chi connectivity index (χ2v) is 2.54. The molecule has 0 heterocycles. The van der Waals surface area contributed by atoms with E-state index in [1.807, 2.05) is 13.8 Å². The van der Waals surface area contributed by atoms with Crippen LogP contribution in [-0.4, -0.2) is 5.33 Å². The Morgan fingerprint density at radius 1 is 0.867 bits per heavy atom. The largest absolute Gasteiger partial charge is 0.120 e. The van der Waals surface area contributed by atoms with E-state index in [0.717, 1.165) is 12.8 Å². The van der Waals surface area contributed by atoms with Gasteiger partial charge >= 0.3 is 0 Å². The molecule has 15 heavy (non-hydrogen) atoms. The predicted molar refractivity (Wildman–Crippen MR) is 73.3 cm³/mol. The summed E-state index contributed by atoms with van der Waals surface area (Å²) >= 11 is 3.01. The van der Waals surface area contributed by atoms with Crippen LogP contribution >= 0.6 is 15.9 Å². The number of hydrogen-bond donors (Lipinski definition) is 0. The van der Waals surface area contributed by atoms with Crippen molar-refractivity contribution in [3.8, 4) is 48.9 Å². The molecule has 0 aliphatic heterocycles. The number of terminal acetylenes is 3. The van der Waals surface area contributed by atoms with Gasteiger partial charge in [-0.15, -0.1) is 31.1 Å². The zero-order valence-electron chi connectivity index (χ0n) is 9.44. The first-order chi connectivity index (χ1) is 7.24. The highest BCUT2D eigenvalue weighted by molar-refractivity contribution is 9.09. The molecule has 0 aromatic rings. The third-order valence-corrected chi connectivity index (χ3v) is 1.10. The molecule has 0 nitrogen and oxygen atoms in total. The van der Waals surface area contributed by atoms with Crippen molar-refractivity contribution >= 4 is 15.9 Å². The average molecular weight is 265 g/mol. The van der Waals surface area contributed by atoms with Gasteiger partial charge in [-0.3, -0.25) is 0 Å². The molecule has 80 valence electrons. The molecule has 0 amide bonds. The lowest BCUT2D eigenvalue weighted by molar-refractivity contribution is 1.27. The summed E-state index contributed by atoms with van der Waals surface area (Å²) in [5, 5.41) is 0.660. The van der Waals surface area contributed by atoms with Crippen LogP contribution in [0.1, 0.15) is 33.1 Å². The lowest BCUT2D eigenvalue weighted by Gasteiger charge is -1.66. The Bertz CT molecular complexity index is 256. The summed E-state index contributed by atoms with van der Waals surface area (Å²) in [5.41, 5.74) is 0. The third kappa shape index (κ3) is 65.6. The van der Waals surface area contributed by atoms with Crippen LogP contribution in [-0.2, 0) is 0 Å². The molecule has 0 spiro atoms. The zero-order chi connectivity index (χ0) is 12.4. The summed E-state index contributed by atoms with van der Waals surface area (Å²) in [6, 6.07) is 0. The lowest BCUT2D eigenvalue weighted by atomic mass is 10.4. The van der Waals surface area contributed by atoms with E-state index in [9.17, 15) is 0 Å². The van der Waals surface area contributed by atoms with Crippen LogP contribution in [0.25, 0.3) is 0 Å². The van der Waals surface area contributed by atoms with Crippen LogP contribution in [0.3, 0.4) is 0 Å². The van der Waals surface area contributed by atoms with Crippen LogP contribution in [0.4, 0.5) is 0 Å². The Labute approximate surface area is 103 Å². The predicted octanol–water partition coefficient (Wildman–Crippen LogP) is 3.47. The van der Waals surface area contributed by atoms with Crippen LogP contribution in [0, 0.1) is 48.9 Å². The SMILES string of the molecule is C#CCBr.C#CCC.C#CCC#CCC. The van der Waals surface area contributed by atoms with Crippen molar-refractivity contribution in [1.82, 2.24) is 0 Å². The first kappa shape index (κ1) is 19.3. The number of rotatable bonds is 0. The van der Waals surface area contributed by atoms with Crippen LogP contribution in [0.2, 0.25) is 0 Å². The van der Waals surface area contributed by atoms with Gasteiger partial charge in [0, 0.05) is 12.8 Å². The molecule has 0 saturated carbocycles. The Hall–Kier alpha value is -1.28. The second-order valence-electron chi connectivity index (χ2n) is 1.98. The Morgan fingerprint density at radius 2 is 1.33 bits per heavy atom. The van der Waals surface area contributed by atoms with Crippen LogP contribution in [0.15, 0.2) is 0 Å². The fourth-order valence-electron chi connectivity index (χ4n) is 0.239. The summed E-state index contributed by atoms with van der Waals surface area (Å²) in [5.74, 6) is 12.9. The van der Waals surface area contributed by atoms with E-state index in [1.54, 1.807) is 0 Å². The van der Waals surface area contributed by atoms with Crippen molar-refractivity contribution < 1.29 is 0 Å². The maximum absolute atomic E-state index is 4.92. The third-order valence-electron chi connectivity index (χ3n) is 0.774. The lowest BCUT2D eigenvalue weighted by Crippen LogP contribution is -1.55. The molecule has 1 heteroatoms. The summed E-state index contributed by atoms with van der Waals surface area (Å²) in [4.78, 5) is 0. The first-order valence-electron chi connectivity index (χ1n) is 4.57. The Morgan fingerprint density at radius 3 is 1.53 bits per heavy atom. The maximum atomic E-state index is 4.92. The number of halogens is 1. The molecule has 0 aliphatic rings. The van der Waals surface area contributed by atoms with Crippen LogP contribution < -0.4 is 0 Å². The van der Waals surface area contributed by atoms with Crippen molar-refractivity contribution in [1.29, 1.82) is 0 Å². The van der Waals surface area contributed by atoms with E-state index >= 15 is 0 Å². The molecule has 0 rings (SSSR count). The second kappa shape index (κ2) is 29.3. The van der Waals surface area contributed by atoms with Crippen LogP contribution in [0.5, 0.6) is 0 Å². The van der Waals surface area contributed by atoms with Gasteiger partial charge in [-0.25, -0.2) is 0 Å². The normalized spacial score (nSPS) is 5.33. The Balaban J connectivity index is -0.000000155. The Kier molecular flexibility index (Phi) is 37.8. The van der Waals surface area contributed by atoms with Crippen molar-refractivity contribution in [3.05, 3.63) is 0 Å². The van der Waals surface area contributed by atoms with E-state index in [2.05, 4.69) is 45.5 Å². The van der Waals surface area contributed by atoms with E-state index < -0.39 is 0 Å². The van der Waals surface area contributed by atoms with Gasteiger partial charge in [-0.05, 0) is 0 Å². The maximum Gasteiger partial charge on any atom is 0.0700 e. The van der Waals surface area contributed by atoms with Gasteiger partial charge < -0.3 is 0 Å². The van der Waals surface area contributed by atoms with Gasteiger partial charge in [0.2, 0.25) is 0 Å². The summed E-state index contributed by atoms with van der Waals surface area (Å²) in [7, 11) is 0. The molecule has 0 saturated heterocycles. The minimum Gasteiger partial charge on any atom is -0.120 e. The minimum atomic E-state index is 0.591. The standard InChI is InChI=1S/C7H8.C4H6.C3H3Br/c1-3-5-7-6-4-2;1-3-4-2;1-2-3-4/h1H,4-5H2,2H3;1H,4H2,2H3;1H,3H2. The summed E-state index contributed by atoms with van der Waals surface area (Å²) in [6.45, 7) is 3.95. The highest BCUT2D eigenvalue weighted by atomic mass is 79.9. The van der Waals surface area contributed by atoms with E-state index in [0.29, 0.717) is 11.8 Å². The quantitative estimate of drug-likeness (QED) is 0.464. The van der Waals surface area contributed by atoms with Gasteiger partial charge in [0.05, 0.1) is 11.8 Å². The molecule has 0 fully saturated rings. The number of alkyl halides is 1. The monoisotopic (exact) mass is 264 g/mol. The molecule has 0 aromatic carbocycles. The molecular weight excluding hydrogens is 248 g/mol. The molecule has 0 radical (unpaired) electrons. The van der Waals surface area contributed by atoms with Gasteiger partial charge in [0.25, 0.3) is 0 Å². The van der Waals surface area contributed by atoms with Crippen molar-refractivity contribution in [2.75, 3.05) is 5.33 Å². The zero-order valence-corrected chi connectivity index (χ0v) is 11.0. The summed E-state index contributed by atoms with van der Waals surface area (Å²) < 4.78 is 0. The molecular formula is C14H17Br. The van der Waals surface area contributed by atoms with Gasteiger partial charge in [0.1, 0.15) is 0 Å². The number of hydrogen-bond acceptors (Lipinski definition) is 0. The van der Waals surface area contributed by atoms with E-state index in [-0.39, 0.29) is 0 Å². The first-order valence-corrected chi connectivity index (χ1v) is 5.69. The highest BCUT2D eigenvalue weighted by Gasteiger charge is 1.59. The van der Waals surface area contributed by atoms with Crippen molar-refractivity contribution in [2.45, 2.75) is 33.1 Å².